The Labute approximate surface area is 86.1 Å². The van der Waals surface area contributed by atoms with Crippen molar-refractivity contribution < 1.29 is 9.90 Å². The molecule has 0 aliphatic carbocycles. The molecule has 0 radical (unpaired) electrons. The monoisotopic (exact) mass is 218 g/mol. The number of benzene rings is 1. The summed E-state index contributed by atoms with van der Waals surface area (Å²) in [5, 5.41) is 9.87. The van der Waals surface area contributed by atoms with Crippen molar-refractivity contribution in [3.05, 3.63) is 27.7 Å². The van der Waals surface area contributed by atoms with Crippen molar-refractivity contribution in [1.29, 1.82) is 0 Å². The number of carbonyl (C=O) groups is 1. The van der Waals surface area contributed by atoms with Crippen molar-refractivity contribution in [1.82, 2.24) is 0 Å². The molecule has 0 aliphatic heterocycles. The lowest BCUT2D eigenvalue weighted by Crippen LogP contribution is -1.96. The summed E-state index contributed by atoms with van der Waals surface area (Å²) in [6.45, 7) is 1.71. The van der Waals surface area contributed by atoms with Crippen molar-refractivity contribution >= 4 is 29.0 Å². The van der Waals surface area contributed by atoms with Crippen LogP contribution in [0.15, 0.2) is 12.1 Å². The van der Waals surface area contributed by atoms with Crippen molar-refractivity contribution in [2.24, 2.45) is 0 Å². The molecule has 0 atom stereocenters. The van der Waals surface area contributed by atoms with Gasteiger partial charge in [0, 0.05) is 12.5 Å². The van der Waals surface area contributed by atoms with E-state index in [0.717, 1.165) is 0 Å². The van der Waals surface area contributed by atoms with Crippen LogP contribution in [0.1, 0.15) is 23.7 Å². The molecule has 1 aromatic carbocycles. The summed E-state index contributed by atoms with van der Waals surface area (Å²) in [6, 6.07) is 2.65. The molecule has 0 saturated carbocycles. The molecule has 0 saturated heterocycles. The van der Waals surface area contributed by atoms with E-state index in [-0.39, 0.29) is 27.1 Å². The molecule has 70 valence electrons. The predicted octanol–water partition coefficient (Wildman–Crippen LogP) is 3.29. The molecule has 1 N–H and O–H groups in total. The molecule has 0 bridgehead atoms. The minimum absolute atomic E-state index is 0.124. The zero-order valence-electron chi connectivity index (χ0n) is 6.97. The summed E-state index contributed by atoms with van der Waals surface area (Å²) in [5.41, 5.74) is 0.219. The second kappa shape index (κ2) is 3.99. The van der Waals surface area contributed by atoms with E-state index in [1.54, 1.807) is 6.92 Å². The molecule has 0 fully saturated rings. The van der Waals surface area contributed by atoms with E-state index in [1.807, 2.05) is 0 Å². The predicted molar refractivity (Wildman–Crippen MR) is 52.7 cm³/mol. The minimum Gasteiger partial charge on any atom is -0.507 e. The van der Waals surface area contributed by atoms with Crippen LogP contribution >= 0.6 is 23.2 Å². The third kappa shape index (κ3) is 2.14. The fraction of sp³-hybridized carbons (Fsp3) is 0.222. The highest BCUT2D eigenvalue weighted by Crippen LogP contribution is 2.30. The summed E-state index contributed by atoms with van der Waals surface area (Å²) in [4.78, 5) is 11.2. The normalized spacial score (nSPS) is 10.1. The number of aromatic hydroxyl groups is 1. The highest BCUT2D eigenvalue weighted by atomic mass is 35.5. The van der Waals surface area contributed by atoms with E-state index in [2.05, 4.69) is 0 Å². The molecule has 0 aliphatic rings. The summed E-state index contributed by atoms with van der Waals surface area (Å²) < 4.78 is 0. The number of carbonyl (C=O) groups excluding carboxylic acids is 1. The van der Waals surface area contributed by atoms with Gasteiger partial charge in [-0.05, 0) is 6.07 Å². The van der Waals surface area contributed by atoms with Gasteiger partial charge in [-0.1, -0.05) is 30.1 Å². The Balaban J connectivity index is 3.23. The van der Waals surface area contributed by atoms with Gasteiger partial charge in [-0.25, -0.2) is 0 Å². The molecule has 4 heteroatoms. The number of Topliss-reactive ketones (excluding diaryl/α,β-unsaturated/α-hetero) is 1. The maximum absolute atomic E-state index is 11.2. The van der Waals surface area contributed by atoms with Crippen LogP contribution in [0.2, 0.25) is 10.0 Å². The van der Waals surface area contributed by atoms with Gasteiger partial charge in [0.05, 0.1) is 15.6 Å². The Morgan fingerprint density at radius 3 is 2.46 bits per heavy atom. The first-order valence-electron chi connectivity index (χ1n) is 3.77. The average Bonchev–Trinajstić information content (AvgIpc) is 2.10. The van der Waals surface area contributed by atoms with Gasteiger partial charge in [0.1, 0.15) is 5.75 Å². The number of phenolic OH excluding ortho intramolecular Hbond substituents is 1. The molecule has 13 heavy (non-hydrogen) atoms. The number of ketones is 1. The Bertz CT molecular complexity index is 348. The van der Waals surface area contributed by atoms with Gasteiger partial charge in [0.15, 0.2) is 5.78 Å². The summed E-state index contributed by atoms with van der Waals surface area (Å²) in [7, 11) is 0. The summed E-state index contributed by atoms with van der Waals surface area (Å²) in [5.74, 6) is -0.280. The van der Waals surface area contributed by atoms with Gasteiger partial charge < -0.3 is 5.11 Å². The lowest BCUT2D eigenvalue weighted by Gasteiger charge is -2.03. The quantitative estimate of drug-likeness (QED) is 0.774. The smallest absolute Gasteiger partial charge is 0.166 e. The van der Waals surface area contributed by atoms with Gasteiger partial charge in [0.2, 0.25) is 0 Å². The van der Waals surface area contributed by atoms with E-state index < -0.39 is 0 Å². The van der Waals surface area contributed by atoms with Crippen molar-refractivity contribution in [2.75, 3.05) is 0 Å². The van der Waals surface area contributed by atoms with Gasteiger partial charge in [0.25, 0.3) is 0 Å². The van der Waals surface area contributed by atoms with Crippen molar-refractivity contribution in [3.63, 3.8) is 0 Å². The van der Waals surface area contributed by atoms with Gasteiger partial charge in [-0.3, -0.25) is 4.79 Å². The Hall–Kier alpha value is -0.730. The maximum atomic E-state index is 11.2. The first-order valence-corrected chi connectivity index (χ1v) is 4.53. The maximum Gasteiger partial charge on any atom is 0.166 e. The van der Waals surface area contributed by atoms with Crippen molar-refractivity contribution in [2.45, 2.75) is 13.3 Å². The molecular weight excluding hydrogens is 211 g/mol. The Morgan fingerprint density at radius 1 is 1.38 bits per heavy atom. The topological polar surface area (TPSA) is 37.3 Å². The van der Waals surface area contributed by atoms with Crippen molar-refractivity contribution in [3.8, 4) is 5.75 Å². The van der Waals surface area contributed by atoms with Gasteiger partial charge in [-0.15, -0.1) is 0 Å². The fourth-order valence-corrected chi connectivity index (χ4v) is 1.27. The SMILES string of the molecule is CCC(=O)c1cc(Cl)c(Cl)cc1O. The number of hydrogen-bond acceptors (Lipinski definition) is 2. The first-order chi connectivity index (χ1) is 6.06. The molecular formula is C9H8Cl2O2. The van der Waals surface area contributed by atoms with E-state index in [1.165, 1.54) is 12.1 Å². The number of halogens is 2. The van der Waals surface area contributed by atoms with Crippen LogP contribution < -0.4 is 0 Å². The lowest BCUT2D eigenvalue weighted by molar-refractivity contribution is 0.0985. The van der Waals surface area contributed by atoms with Crippen LogP contribution in [-0.2, 0) is 0 Å². The van der Waals surface area contributed by atoms with E-state index >= 15 is 0 Å². The molecule has 0 heterocycles. The molecule has 1 rings (SSSR count). The van der Waals surface area contributed by atoms with E-state index in [0.29, 0.717) is 6.42 Å². The fourth-order valence-electron chi connectivity index (χ4n) is 0.950. The zero-order valence-corrected chi connectivity index (χ0v) is 8.49. The molecule has 2 nitrogen and oxygen atoms in total. The third-order valence-corrected chi connectivity index (χ3v) is 2.38. The lowest BCUT2D eigenvalue weighted by atomic mass is 10.1. The molecule has 0 spiro atoms. The number of rotatable bonds is 2. The molecule has 0 unspecified atom stereocenters. The molecule has 0 amide bonds. The minimum atomic E-state index is -0.156. The van der Waals surface area contributed by atoms with E-state index in [9.17, 15) is 9.90 Å². The number of phenols is 1. The second-order valence-corrected chi connectivity index (χ2v) is 3.37. The molecule has 1 aromatic rings. The second-order valence-electron chi connectivity index (χ2n) is 2.56. The van der Waals surface area contributed by atoms with Crippen LogP contribution in [0.25, 0.3) is 0 Å². The summed E-state index contributed by atoms with van der Waals surface area (Å²) >= 11 is 11.3. The van der Waals surface area contributed by atoms with Crippen LogP contribution in [0.3, 0.4) is 0 Å². The van der Waals surface area contributed by atoms with Crippen LogP contribution in [-0.4, -0.2) is 10.9 Å². The molecule has 0 aromatic heterocycles. The zero-order chi connectivity index (χ0) is 10.0. The Kier molecular flexibility index (Phi) is 3.17. The Morgan fingerprint density at radius 2 is 1.92 bits per heavy atom. The first kappa shape index (κ1) is 10.4. The highest BCUT2D eigenvalue weighted by Gasteiger charge is 2.11. The van der Waals surface area contributed by atoms with E-state index in [4.69, 9.17) is 23.2 Å². The van der Waals surface area contributed by atoms with Gasteiger partial charge >= 0.3 is 0 Å². The average molecular weight is 219 g/mol. The largest absolute Gasteiger partial charge is 0.507 e. The highest BCUT2D eigenvalue weighted by molar-refractivity contribution is 6.42. The van der Waals surface area contributed by atoms with Gasteiger partial charge in [-0.2, -0.15) is 0 Å². The van der Waals surface area contributed by atoms with Crippen LogP contribution in [0.5, 0.6) is 5.75 Å². The van der Waals surface area contributed by atoms with Crippen LogP contribution in [0.4, 0.5) is 0 Å². The standard InChI is InChI=1S/C9H8Cl2O2/c1-2-8(12)5-3-6(10)7(11)4-9(5)13/h3-4,13H,2H2,1H3. The van der Waals surface area contributed by atoms with Crippen LogP contribution in [0, 0.1) is 0 Å². The third-order valence-electron chi connectivity index (χ3n) is 1.66. The number of hydrogen-bond donors (Lipinski definition) is 1. The summed E-state index contributed by atoms with van der Waals surface area (Å²) in [6.07, 6.45) is 0.325.